The topological polar surface area (TPSA) is 78.6 Å². The maximum absolute atomic E-state index is 12.8. The number of hydrogen-bond donors (Lipinski definition) is 1. The first kappa shape index (κ1) is 16.1. The minimum absolute atomic E-state index is 0.0338. The molecule has 3 atom stereocenters. The number of ether oxygens (including phenoxy) is 1. The van der Waals surface area contributed by atoms with Crippen LogP contribution in [0.5, 0.6) is 5.75 Å². The summed E-state index contributed by atoms with van der Waals surface area (Å²) >= 11 is 0. The minimum atomic E-state index is -0.630. The second-order valence-corrected chi connectivity index (χ2v) is 6.76. The molecule has 5 heteroatoms. The van der Waals surface area contributed by atoms with Crippen LogP contribution in [0.25, 0.3) is 0 Å². The largest absolute Gasteiger partial charge is 0.412 e. The number of nitrogens with two attached hydrogens (primary N) is 1. The molecule has 2 fully saturated rings. The van der Waals surface area contributed by atoms with Gasteiger partial charge in [-0.2, -0.15) is 5.90 Å². The molecule has 0 radical (unpaired) electrons. The zero-order chi connectivity index (χ0) is 16.6. The lowest BCUT2D eigenvalue weighted by Crippen LogP contribution is -2.19. The maximum Gasteiger partial charge on any atom is 0.151 e. The van der Waals surface area contributed by atoms with Crippen LogP contribution in [-0.4, -0.2) is 24.8 Å². The van der Waals surface area contributed by atoms with E-state index in [1.54, 1.807) is 12.1 Å². The Kier molecular flexibility index (Phi) is 4.50. The van der Waals surface area contributed by atoms with Gasteiger partial charge in [0.2, 0.25) is 0 Å². The van der Waals surface area contributed by atoms with Gasteiger partial charge in [0.25, 0.3) is 0 Å². The number of hydrogen-bond acceptors (Lipinski definition) is 5. The Morgan fingerprint density at radius 3 is 2.52 bits per heavy atom. The third-order valence-corrected chi connectivity index (χ3v) is 5.09. The molecule has 2 aliphatic rings. The first-order valence-electron chi connectivity index (χ1n) is 8.13. The van der Waals surface area contributed by atoms with Gasteiger partial charge in [0, 0.05) is 25.6 Å². The Morgan fingerprint density at radius 1 is 1.26 bits per heavy atom. The lowest BCUT2D eigenvalue weighted by atomic mass is 9.85. The highest BCUT2D eigenvalue weighted by molar-refractivity contribution is 6.15. The van der Waals surface area contributed by atoms with Crippen LogP contribution >= 0.6 is 0 Å². The molecule has 1 aromatic carbocycles. The molecule has 1 saturated carbocycles. The molecule has 0 spiro atoms. The monoisotopic (exact) mass is 317 g/mol. The molecule has 3 unspecified atom stereocenters. The molecule has 124 valence electrons. The molecule has 5 nitrogen and oxygen atoms in total. The van der Waals surface area contributed by atoms with E-state index >= 15 is 0 Å². The van der Waals surface area contributed by atoms with Gasteiger partial charge in [-0.15, -0.1) is 0 Å². The summed E-state index contributed by atoms with van der Waals surface area (Å²) in [7, 11) is 0. The number of carbonyl (C=O) groups excluding carboxylic acids is 2. The normalized spacial score (nSPS) is 27.7. The van der Waals surface area contributed by atoms with Crippen LogP contribution in [-0.2, 0) is 14.3 Å². The summed E-state index contributed by atoms with van der Waals surface area (Å²) in [4.78, 5) is 30.1. The summed E-state index contributed by atoms with van der Waals surface area (Å²) < 4.78 is 5.38. The molecular weight excluding hydrogens is 294 g/mol. The molecule has 1 heterocycles. The summed E-state index contributed by atoms with van der Waals surface area (Å²) in [6.45, 7) is 5.26. The highest BCUT2D eigenvalue weighted by Crippen LogP contribution is 2.40. The molecule has 1 saturated heterocycles. The Balaban J connectivity index is 1.85. The maximum atomic E-state index is 12.8. The number of ketones is 2. The average Bonchev–Trinajstić information content (AvgIpc) is 3.10. The zero-order valence-electron chi connectivity index (χ0n) is 13.6. The van der Waals surface area contributed by atoms with Gasteiger partial charge >= 0.3 is 0 Å². The summed E-state index contributed by atoms with van der Waals surface area (Å²) in [6.07, 6.45) is 2.11. The van der Waals surface area contributed by atoms with Crippen molar-refractivity contribution >= 4 is 11.6 Å². The first-order valence-corrected chi connectivity index (χ1v) is 8.13. The van der Waals surface area contributed by atoms with E-state index < -0.39 is 5.92 Å². The van der Waals surface area contributed by atoms with Crippen molar-refractivity contribution in [2.75, 3.05) is 13.2 Å². The standard InChI is InChI=1S/C18H23NO4/c1-10-5-14(23-19)6-11(2)16(10)17-15(20)8-13(18(17)21)7-12-3-4-22-9-12/h5-6,12-13,17H,3-4,7-9,19H2,1-2H3. The van der Waals surface area contributed by atoms with E-state index in [4.69, 9.17) is 15.5 Å². The molecule has 2 N–H and O–H groups in total. The van der Waals surface area contributed by atoms with Gasteiger partial charge in [-0.05, 0) is 61.4 Å². The second-order valence-electron chi connectivity index (χ2n) is 6.76. The molecule has 0 aromatic heterocycles. The van der Waals surface area contributed by atoms with E-state index in [9.17, 15) is 9.59 Å². The predicted molar refractivity (Wildman–Crippen MR) is 85.1 cm³/mol. The minimum Gasteiger partial charge on any atom is -0.412 e. The lowest BCUT2D eigenvalue weighted by molar-refractivity contribution is -0.125. The predicted octanol–water partition coefficient (Wildman–Crippen LogP) is 2.22. The quantitative estimate of drug-likeness (QED) is 0.680. The van der Waals surface area contributed by atoms with Crippen molar-refractivity contribution in [2.45, 2.75) is 39.0 Å². The van der Waals surface area contributed by atoms with Crippen LogP contribution in [0.3, 0.4) is 0 Å². The van der Waals surface area contributed by atoms with Gasteiger partial charge in [0.05, 0.1) is 0 Å². The number of rotatable bonds is 4. The van der Waals surface area contributed by atoms with Gasteiger partial charge in [-0.25, -0.2) is 0 Å². The fraction of sp³-hybridized carbons (Fsp3) is 0.556. The van der Waals surface area contributed by atoms with Gasteiger partial charge in [-0.3, -0.25) is 9.59 Å². The van der Waals surface area contributed by atoms with Gasteiger partial charge in [-0.1, -0.05) is 0 Å². The van der Waals surface area contributed by atoms with E-state index in [2.05, 4.69) is 0 Å². The average molecular weight is 317 g/mol. The summed E-state index contributed by atoms with van der Waals surface area (Å²) in [5.41, 5.74) is 2.58. The van der Waals surface area contributed by atoms with Crippen LogP contribution in [0.1, 0.15) is 41.9 Å². The SMILES string of the molecule is Cc1cc(ON)cc(C)c1C1C(=O)CC(CC2CCOC2)C1=O. The third kappa shape index (κ3) is 3.03. The molecule has 3 rings (SSSR count). The van der Waals surface area contributed by atoms with Crippen LogP contribution in [0.4, 0.5) is 0 Å². The highest BCUT2D eigenvalue weighted by atomic mass is 16.6. The van der Waals surface area contributed by atoms with Crippen molar-refractivity contribution in [3.8, 4) is 5.75 Å². The summed E-state index contributed by atoms with van der Waals surface area (Å²) in [6, 6.07) is 3.56. The van der Waals surface area contributed by atoms with Crippen LogP contribution in [0, 0.1) is 25.7 Å². The Bertz CT molecular complexity index is 611. The molecule has 0 bridgehead atoms. The number of Topliss-reactive ketones (excluding diaryl/α,β-unsaturated/α-hetero) is 2. The molecule has 1 aliphatic carbocycles. The van der Waals surface area contributed by atoms with E-state index in [0.717, 1.165) is 36.1 Å². The second kappa shape index (κ2) is 6.42. The van der Waals surface area contributed by atoms with Crippen LogP contribution in [0.15, 0.2) is 12.1 Å². The van der Waals surface area contributed by atoms with Crippen molar-refractivity contribution < 1.29 is 19.2 Å². The Labute approximate surface area is 136 Å². The van der Waals surface area contributed by atoms with E-state index in [-0.39, 0.29) is 17.5 Å². The highest BCUT2D eigenvalue weighted by Gasteiger charge is 2.44. The lowest BCUT2D eigenvalue weighted by Gasteiger charge is -2.17. The number of carbonyl (C=O) groups is 2. The molecule has 1 aromatic rings. The molecule has 0 amide bonds. The van der Waals surface area contributed by atoms with E-state index in [0.29, 0.717) is 24.7 Å². The smallest absolute Gasteiger partial charge is 0.151 e. The number of aryl methyl sites for hydroxylation is 2. The van der Waals surface area contributed by atoms with Gasteiger partial charge < -0.3 is 9.57 Å². The van der Waals surface area contributed by atoms with E-state index in [1.165, 1.54) is 0 Å². The molecular formula is C18H23NO4. The Hall–Kier alpha value is -1.72. The van der Waals surface area contributed by atoms with Crippen molar-refractivity contribution in [1.82, 2.24) is 0 Å². The fourth-order valence-corrected chi connectivity index (χ4v) is 3.99. The van der Waals surface area contributed by atoms with E-state index in [1.807, 2.05) is 13.8 Å². The van der Waals surface area contributed by atoms with Crippen molar-refractivity contribution in [3.63, 3.8) is 0 Å². The van der Waals surface area contributed by atoms with Gasteiger partial charge in [0.1, 0.15) is 17.5 Å². The van der Waals surface area contributed by atoms with Gasteiger partial charge in [0.15, 0.2) is 5.78 Å². The zero-order valence-corrected chi connectivity index (χ0v) is 13.6. The molecule has 1 aliphatic heterocycles. The number of benzene rings is 1. The fourth-order valence-electron chi connectivity index (χ4n) is 3.99. The van der Waals surface area contributed by atoms with Crippen molar-refractivity contribution in [3.05, 3.63) is 28.8 Å². The van der Waals surface area contributed by atoms with Crippen molar-refractivity contribution in [1.29, 1.82) is 0 Å². The summed E-state index contributed by atoms with van der Waals surface area (Å²) in [5, 5.41) is 0. The Morgan fingerprint density at radius 2 is 1.96 bits per heavy atom. The molecule has 23 heavy (non-hydrogen) atoms. The summed E-state index contributed by atoms with van der Waals surface area (Å²) in [5.74, 6) is 5.47. The van der Waals surface area contributed by atoms with Crippen molar-refractivity contribution in [2.24, 2.45) is 17.7 Å². The van der Waals surface area contributed by atoms with Crippen LogP contribution in [0.2, 0.25) is 0 Å². The van der Waals surface area contributed by atoms with Crippen LogP contribution < -0.4 is 10.7 Å². The third-order valence-electron chi connectivity index (χ3n) is 5.09. The first-order chi connectivity index (χ1) is 11.0.